The van der Waals surface area contributed by atoms with Gasteiger partial charge >= 0.3 is 0 Å². The van der Waals surface area contributed by atoms with Gasteiger partial charge in [0.25, 0.3) is 5.91 Å². The number of piperidine rings is 1. The molecule has 1 saturated heterocycles. The van der Waals surface area contributed by atoms with Crippen LogP contribution in [-0.4, -0.2) is 47.8 Å². The van der Waals surface area contributed by atoms with E-state index in [-0.39, 0.29) is 24.6 Å². The number of hydrazone groups is 1. The van der Waals surface area contributed by atoms with Gasteiger partial charge < -0.3 is 14.4 Å². The van der Waals surface area contributed by atoms with Crippen molar-refractivity contribution in [3.63, 3.8) is 0 Å². The van der Waals surface area contributed by atoms with Crippen LogP contribution in [-0.2, 0) is 4.79 Å². The number of anilines is 1. The molecule has 0 radical (unpaired) electrons. The minimum absolute atomic E-state index is 0.000290. The molecule has 2 atom stereocenters. The van der Waals surface area contributed by atoms with Gasteiger partial charge in [-0.1, -0.05) is 6.07 Å². The number of amides is 1. The molecule has 1 N–H and O–H groups in total. The summed E-state index contributed by atoms with van der Waals surface area (Å²) in [6.07, 6.45) is 6.61. The lowest BCUT2D eigenvalue weighted by Crippen LogP contribution is -2.49. The minimum Gasteiger partial charge on any atom is -0.493 e. The Morgan fingerprint density at radius 3 is 2.72 bits per heavy atom. The topological polar surface area (TPSA) is 76.0 Å². The van der Waals surface area contributed by atoms with E-state index in [0.717, 1.165) is 18.4 Å². The molecule has 1 aromatic heterocycles. The predicted octanol–water partition coefficient (Wildman–Crippen LogP) is 3.70. The Bertz CT molecular complexity index is 831. The number of nitrogens with one attached hydrogen (secondary N) is 1. The van der Waals surface area contributed by atoms with E-state index in [1.807, 2.05) is 35.2 Å². The zero-order valence-electron chi connectivity index (χ0n) is 17.2. The van der Waals surface area contributed by atoms with E-state index in [2.05, 4.69) is 29.4 Å². The smallest absolute Gasteiger partial charge is 0.260 e. The van der Waals surface area contributed by atoms with Crippen molar-refractivity contribution in [1.82, 2.24) is 9.88 Å². The molecule has 29 heavy (non-hydrogen) atoms. The number of aromatic nitrogens is 1. The Labute approximate surface area is 171 Å². The van der Waals surface area contributed by atoms with Gasteiger partial charge in [-0.25, -0.2) is 4.98 Å². The van der Waals surface area contributed by atoms with Crippen molar-refractivity contribution in [2.24, 2.45) is 5.10 Å². The normalized spacial score (nSPS) is 19.2. The molecule has 1 aromatic carbocycles. The number of hydrogen-bond donors (Lipinski definition) is 1. The molecule has 1 amide bonds. The van der Waals surface area contributed by atoms with Crippen LogP contribution >= 0.6 is 0 Å². The van der Waals surface area contributed by atoms with E-state index >= 15 is 0 Å². The van der Waals surface area contributed by atoms with Crippen molar-refractivity contribution in [3.05, 3.63) is 48.2 Å². The molecule has 2 heterocycles. The Balaban J connectivity index is 1.60. The van der Waals surface area contributed by atoms with Crippen molar-refractivity contribution < 1.29 is 14.3 Å². The number of likely N-dealkylation sites (tertiary alicyclic amines) is 1. The van der Waals surface area contributed by atoms with Crippen LogP contribution < -0.4 is 14.9 Å². The molecule has 7 heteroatoms. The highest BCUT2D eigenvalue weighted by Crippen LogP contribution is 2.28. The summed E-state index contributed by atoms with van der Waals surface area (Å²) in [5, 5.41) is 4.17. The molecule has 1 fully saturated rings. The third-order valence-electron chi connectivity index (χ3n) is 5.08. The molecule has 1 aliphatic rings. The monoisotopic (exact) mass is 396 g/mol. The second-order valence-corrected chi connectivity index (χ2v) is 7.21. The van der Waals surface area contributed by atoms with Gasteiger partial charge in [0.1, 0.15) is 5.82 Å². The maximum absolute atomic E-state index is 12.7. The van der Waals surface area contributed by atoms with Gasteiger partial charge in [-0.15, -0.1) is 0 Å². The highest BCUT2D eigenvalue weighted by Gasteiger charge is 2.29. The third kappa shape index (κ3) is 5.47. The van der Waals surface area contributed by atoms with Crippen molar-refractivity contribution in [2.75, 3.05) is 19.1 Å². The Kier molecular flexibility index (Phi) is 7.05. The number of ether oxygens (including phenoxy) is 2. The van der Waals surface area contributed by atoms with Crippen LogP contribution in [0.3, 0.4) is 0 Å². The first-order chi connectivity index (χ1) is 14.1. The molecule has 0 spiro atoms. The number of pyridine rings is 1. The summed E-state index contributed by atoms with van der Waals surface area (Å²) in [4.78, 5) is 18.7. The number of methoxy groups -OCH3 is 1. The van der Waals surface area contributed by atoms with Crippen LogP contribution in [0.5, 0.6) is 11.5 Å². The van der Waals surface area contributed by atoms with Gasteiger partial charge in [0.2, 0.25) is 0 Å². The molecular weight excluding hydrogens is 368 g/mol. The molecule has 7 nitrogen and oxygen atoms in total. The van der Waals surface area contributed by atoms with E-state index in [1.165, 1.54) is 6.42 Å². The summed E-state index contributed by atoms with van der Waals surface area (Å²) >= 11 is 0. The van der Waals surface area contributed by atoms with Gasteiger partial charge in [0.05, 0.1) is 13.3 Å². The lowest BCUT2D eigenvalue weighted by Gasteiger charge is -2.39. The van der Waals surface area contributed by atoms with Crippen LogP contribution in [0.1, 0.15) is 38.7 Å². The first kappa shape index (κ1) is 20.6. The van der Waals surface area contributed by atoms with Crippen molar-refractivity contribution in [3.8, 4) is 11.5 Å². The summed E-state index contributed by atoms with van der Waals surface area (Å²) in [5.41, 5.74) is 3.70. The second kappa shape index (κ2) is 9.91. The fraction of sp³-hybridized carbons (Fsp3) is 0.409. The summed E-state index contributed by atoms with van der Waals surface area (Å²) in [5.74, 6) is 1.76. The first-order valence-corrected chi connectivity index (χ1v) is 9.90. The van der Waals surface area contributed by atoms with Crippen LogP contribution in [0.15, 0.2) is 47.7 Å². The highest BCUT2D eigenvalue weighted by atomic mass is 16.5. The molecule has 0 bridgehead atoms. The molecule has 2 aromatic rings. The average Bonchev–Trinajstić information content (AvgIpc) is 2.73. The number of hydrogen-bond acceptors (Lipinski definition) is 6. The molecule has 0 aliphatic carbocycles. The van der Waals surface area contributed by atoms with E-state index in [0.29, 0.717) is 17.3 Å². The van der Waals surface area contributed by atoms with E-state index in [4.69, 9.17) is 9.47 Å². The van der Waals surface area contributed by atoms with Crippen LogP contribution in [0.2, 0.25) is 0 Å². The molecule has 1 aliphatic heterocycles. The Hall–Kier alpha value is -3.09. The summed E-state index contributed by atoms with van der Waals surface area (Å²) in [7, 11) is 1.58. The SMILES string of the molecule is COc1cc(/C=N\Nc2ccccn2)ccc1OCC(=O)N1[C@H](C)CCC[C@@H]1C. The standard InChI is InChI=1S/C22H28N4O3/c1-16-7-6-8-17(2)26(16)22(27)15-29-19-11-10-18(13-20(19)28-3)14-24-25-21-9-4-5-12-23-21/h4-5,9-14,16-17H,6-8,15H2,1-3H3,(H,23,25)/b24-14-/t16-,17+. The fourth-order valence-electron chi connectivity index (χ4n) is 3.61. The first-order valence-electron chi connectivity index (χ1n) is 9.90. The second-order valence-electron chi connectivity index (χ2n) is 7.21. The lowest BCUT2D eigenvalue weighted by molar-refractivity contribution is -0.139. The Morgan fingerprint density at radius 1 is 1.24 bits per heavy atom. The average molecular weight is 396 g/mol. The van der Waals surface area contributed by atoms with Gasteiger partial charge in [-0.05, 0) is 69.0 Å². The number of benzene rings is 1. The van der Waals surface area contributed by atoms with Gasteiger partial charge in [-0.3, -0.25) is 10.2 Å². The van der Waals surface area contributed by atoms with Gasteiger partial charge in [0.15, 0.2) is 18.1 Å². The zero-order chi connectivity index (χ0) is 20.6. The van der Waals surface area contributed by atoms with Gasteiger partial charge in [-0.2, -0.15) is 5.10 Å². The van der Waals surface area contributed by atoms with Crippen molar-refractivity contribution in [1.29, 1.82) is 0 Å². The quantitative estimate of drug-likeness (QED) is 0.570. The minimum atomic E-state index is -0.000290. The molecule has 3 rings (SSSR count). The highest BCUT2D eigenvalue weighted by molar-refractivity contribution is 5.82. The van der Waals surface area contributed by atoms with Gasteiger partial charge in [0, 0.05) is 18.3 Å². The number of carbonyl (C=O) groups excluding carboxylic acids is 1. The van der Waals surface area contributed by atoms with E-state index in [9.17, 15) is 4.79 Å². The maximum atomic E-state index is 12.7. The van der Waals surface area contributed by atoms with E-state index < -0.39 is 0 Å². The lowest BCUT2D eigenvalue weighted by atomic mass is 9.97. The molecule has 154 valence electrons. The number of carbonyl (C=O) groups is 1. The molecule has 0 unspecified atom stereocenters. The Morgan fingerprint density at radius 2 is 2.03 bits per heavy atom. The zero-order valence-corrected chi connectivity index (χ0v) is 17.2. The van der Waals surface area contributed by atoms with E-state index in [1.54, 1.807) is 25.6 Å². The molecular formula is C22H28N4O3. The summed E-state index contributed by atoms with van der Waals surface area (Å²) < 4.78 is 11.2. The van der Waals surface area contributed by atoms with Crippen LogP contribution in [0, 0.1) is 0 Å². The molecule has 0 saturated carbocycles. The van der Waals surface area contributed by atoms with Crippen molar-refractivity contribution >= 4 is 17.9 Å². The number of nitrogens with zero attached hydrogens (tertiary/aromatic N) is 3. The van der Waals surface area contributed by atoms with Crippen LogP contribution in [0.4, 0.5) is 5.82 Å². The predicted molar refractivity (Wildman–Crippen MR) is 114 cm³/mol. The largest absolute Gasteiger partial charge is 0.493 e. The third-order valence-corrected chi connectivity index (χ3v) is 5.08. The summed E-state index contributed by atoms with van der Waals surface area (Å²) in [6.45, 7) is 4.20. The number of rotatable bonds is 7. The maximum Gasteiger partial charge on any atom is 0.260 e. The summed E-state index contributed by atoms with van der Waals surface area (Å²) in [6, 6.07) is 11.5. The fourth-order valence-corrected chi connectivity index (χ4v) is 3.61. The van der Waals surface area contributed by atoms with Crippen molar-refractivity contribution in [2.45, 2.75) is 45.2 Å². The van der Waals surface area contributed by atoms with Crippen LogP contribution in [0.25, 0.3) is 0 Å².